The summed E-state index contributed by atoms with van der Waals surface area (Å²) in [7, 11) is 1.36. The monoisotopic (exact) mass is 331 g/mol. The molecule has 2 aromatic carbocycles. The van der Waals surface area contributed by atoms with Gasteiger partial charge in [0.15, 0.2) is 0 Å². The predicted molar refractivity (Wildman–Crippen MR) is 83.3 cm³/mol. The molecule has 2 rings (SSSR count). The second-order valence-corrected chi connectivity index (χ2v) is 4.82. The van der Waals surface area contributed by atoms with Crippen molar-refractivity contribution in [2.45, 2.75) is 19.1 Å². The Morgan fingerprint density at radius 3 is 2.09 bits per heavy atom. The van der Waals surface area contributed by atoms with Gasteiger partial charge in [-0.2, -0.15) is 13.2 Å². The molecular weight excluding hydrogens is 315 g/mol. The molecule has 2 nitrogen and oxygen atoms in total. The topological polar surface area (TPSA) is 35.2 Å². The van der Waals surface area contributed by atoms with Gasteiger partial charge in [-0.1, -0.05) is 30.3 Å². The highest BCUT2D eigenvalue weighted by molar-refractivity contribution is 5.85. The Kier molecular flexibility index (Phi) is 5.85. The number of ether oxygens (including phenoxy) is 1. The first-order chi connectivity index (χ1) is 9.82. The van der Waals surface area contributed by atoms with Crippen molar-refractivity contribution >= 4 is 12.4 Å². The first-order valence-corrected chi connectivity index (χ1v) is 6.44. The van der Waals surface area contributed by atoms with Crippen molar-refractivity contribution in [2.24, 2.45) is 5.73 Å². The number of hydrogen-bond donors (Lipinski definition) is 1. The van der Waals surface area contributed by atoms with E-state index in [4.69, 9.17) is 10.5 Å². The van der Waals surface area contributed by atoms with Crippen molar-refractivity contribution < 1.29 is 17.9 Å². The van der Waals surface area contributed by atoms with Gasteiger partial charge in [-0.25, -0.2) is 0 Å². The predicted octanol–water partition coefficient (Wildman–Crippen LogP) is 4.82. The third-order valence-corrected chi connectivity index (χ3v) is 3.28. The van der Waals surface area contributed by atoms with Crippen LogP contribution in [0, 0.1) is 0 Å². The maximum atomic E-state index is 12.7. The Labute approximate surface area is 133 Å². The number of halogens is 4. The average Bonchev–Trinajstić information content (AvgIpc) is 2.45. The van der Waals surface area contributed by atoms with E-state index in [1.165, 1.54) is 13.2 Å². The molecule has 0 fully saturated rings. The van der Waals surface area contributed by atoms with Crippen LogP contribution in [0.2, 0.25) is 0 Å². The highest BCUT2D eigenvalue weighted by Crippen LogP contribution is 2.37. The summed E-state index contributed by atoms with van der Waals surface area (Å²) in [6.07, 6.45) is -4.38. The Morgan fingerprint density at radius 2 is 1.64 bits per heavy atom. The van der Waals surface area contributed by atoms with Gasteiger partial charge in [0, 0.05) is 11.6 Å². The minimum absolute atomic E-state index is 0. The fraction of sp³-hybridized carbons (Fsp3) is 0.250. The maximum Gasteiger partial charge on any atom is 0.416 e. The van der Waals surface area contributed by atoms with Gasteiger partial charge in [-0.15, -0.1) is 12.4 Å². The molecule has 0 saturated heterocycles. The van der Waals surface area contributed by atoms with E-state index in [0.717, 1.165) is 23.3 Å². The first-order valence-electron chi connectivity index (χ1n) is 6.44. The molecule has 6 heteroatoms. The van der Waals surface area contributed by atoms with E-state index in [1.54, 1.807) is 0 Å². The van der Waals surface area contributed by atoms with Gasteiger partial charge in [0.1, 0.15) is 5.75 Å². The minimum atomic E-state index is -4.38. The van der Waals surface area contributed by atoms with E-state index in [1.807, 2.05) is 31.2 Å². The second-order valence-electron chi connectivity index (χ2n) is 4.82. The van der Waals surface area contributed by atoms with E-state index < -0.39 is 11.7 Å². The van der Waals surface area contributed by atoms with Crippen molar-refractivity contribution in [2.75, 3.05) is 7.11 Å². The highest BCUT2D eigenvalue weighted by atomic mass is 35.5. The number of nitrogens with two attached hydrogens (primary N) is 1. The lowest BCUT2D eigenvalue weighted by Gasteiger charge is -2.13. The van der Waals surface area contributed by atoms with Crippen molar-refractivity contribution in [1.82, 2.24) is 0 Å². The molecule has 120 valence electrons. The van der Waals surface area contributed by atoms with Gasteiger partial charge in [-0.3, -0.25) is 0 Å². The largest absolute Gasteiger partial charge is 0.496 e. The summed E-state index contributed by atoms with van der Waals surface area (Å²) < 4.78 is 43.2. The summed E-state index contributed by atoms with van der Waals surface area (Å²) in [6.45, 7) is 1.87. The zero-order chi connectivity index (χ0) is 15.6. The van der Waals surface area contributed by atoms with Crippen LogP contribution in [0.25, 0.3) is 11.1 Å². The fourth-order valence-corrected chi connectivity index (χ4v) is 2.07. The van der Waals surface area contributed by atoms with Gasteiger partial charge < -0.3 is 10.5 Å². The minimum Gasteiger partial charge on any atom is -0.496 e. The Morgan fingerprint density at radius 1 is 1.05 bits per heavy atom. The molecule has 2 aromatic rings. The molecule has 0 aliphatic heterocycles. The van der Waals surface area contributed by atoms with Crippen molar-refractivity contribution in [3.8, 4) is 16.9 Å². The second kappa shape index (κ2) is 7.03. The molecule has 0 spiro atoms. The molecule has 0 aliphatic rings. The van der Waals surface area contributed by atoms with Crippen LogP contribution in [-0.4, -0.2) is 7.11 Å². The van der Waals surface area contributed by atoms with Crippen LogP contribution in [0.4, 0.5) is 13.2 Å². The molecule has 0 aromatic heterocycles. The molecule has 0 heterocycles. The van der Waals surface area contributed by atoms with Crippen LogP contribution in [0.3, 0.4) is 0 Å². The van der Waals surface area contributed by atoms with Crippen molar-refractivity contribution in [3.63, 3.8) is 0 Å². The lowest BCUT2D eigenvalue weighted by atomic mass is 9.99. The quantitative estimate of drug-likeness (QED) is 0.875. The van der Waals surface area contributed by atoms with Gasteiger partial charge in [0.2, 0.25) is 0 Å². The smallest absolute Gasteiger partial charge is 0.416 e. The first kappa shape index (κ1) is 18.3. The van der Waals surface area contributed by atoms with E-state index in [0.29, 0.717) is 5.56 Å². The van der Waals surface area contributed by atoms with Crippen LogP contribution >= 0.6 is 12.4 Å². The summed E-state index contributed by atoms with van der Waals surface area (Å²) in [4.78, 5) is 0. The van der Waals surface area contributed by atoms with E-state index in [-0.39, 0.29) is 24.2 Å². The summed E-state index contributed by atoms with van der Waals surface area (Å²) in [5.74, 6) is 0.193. The van der Waals surface area contributed by atoms with Crippen LogP contribution in [0.15, 0.2) is 42.5 Å². The van der Waals surface area contributed by atoms with Gasteiger partial charge >= 0.3 is 6.18 Å². The molecule has 0 aliphatic carbocycles. The fourth-order valence-electron chi connectivity index (χ4n) is 2.07. The third kappa shape index (κ3) is 3.93. The van der Waals surface area contributed by atoms with Crippen LogP contribution in [-0.2, 0) is 6.18 Å². The third-order valence-electron chi connectivity index (χ3n) is 3.28. The van der Waals surface area contributed by atoms with Crippen LogP contribution < -0.4 is 10.5 Å². The number of alkyl halides is 3. The Hall–Kier alpha value is -1.72. The van der Waals surface area contributed by atoms with Gasteiger partial charge in [0.05, 0.1) is 12.7 Å². The number of hydrogen-bond acceptors (Lipinski definition) is 2. The normalized spacial score (nSPS) is 12.5. The number of benzene rings is 2. The zero-order valence-corrected chi connectivity index (χ0v) is 13.0. The summed E-state index contributed by atoms with van der Waals surface area (Å²) in [5.41, 5.74) is 7.41. The highest BCUT2D eigenvalue weighted by Gasteiger charge is 2.31. The molecule has 0 saturated carbocycles. The Bertz CT molecular complexity index is 624. The summed E-state index contributed by atoms with van der Waals surface area (Å²) in [5, 5.41) is 0. The lowest BCUT2D eigenvalue weighted by Crippen LogP contribution is -2.05. The van der Waals surface area contributed by atoms with Crippen molar-refractivity contribution in [1.29, 1.82) is 0 Å². The SMILES string of the molecule is COc1cc(C(F)(F)F)ccc1-c1ccc(C(C)N)cc1.Cl. The molecular formula is C16H17ClF3NO. The standard InChI is InChI=1S/C16H16F3NO.ClH/c1-10(20)11-3-5-12(6-4-11)14-8-7-13(16(17,18)19)9-15(14)21-2;/h3-10H,20H2,1-2H3;1H. The van der Waals surface area contributed by atoms with E-state index in [9.17, 15) is 13.2 Å². The van der Waals surface area contributed by atoms with Gasteiger partial charge in [-0.05, 0) is 30.2 Å². The van der Waals surface area contributed by atoms with Gasteiger partial charge in [0.25, 0.3) is 0 Å². The zero-order valence-electron chi connectivity index (χ0n) is 12.1. The maximum absolute atomic E-state index is 12.7. The molecule has 0 bridgehead atoms. The van der Waals surface area contributed by atoms with E-state index in [2.05, 4.69) is 0 Å². The van der Waals surface area contributed by atoms with E-state index >= 15 is 0 Å². The lowest BCUT2D eigenvalue weighted by molar-refractivity contribution is -0.137. The number of rotatable bonds is 3. The molecule has 2 N–H and O–H groups in total. The molecule has 22 heavy (non-hydrogen) atoms. The Balaban J connectivity index is 0.00000242. The van der Waals surface area contributed by atoms with Crippen LogP contribution in [0.1, 0.15) is 24.1 Å². The number of methoxy groups -OCH3 is 1. The summed E-state index contributed by atoms with van der Waals surface area (Å²) in [6, 6.07) is 10.8. The summed E-state index contributed by atoms with van der Waals surface area (Å²) >= 11 is 0. The molecule has 0 amide bonds. The molecule has 1 atom stereocenters. The average molecular weight is 332 g/mol. The van der Waals surface area contributed by atoms with Crippen LogP contribution in [0.5, 0.6) is 5.75 Å². The molecule has 0 radical (unpaired) electrons. The molecule has 1 unspecified atom stereocenters. The van der Waals surface area contributed by atoms with Crippen molar-refractivity contribution in [3.05, 3.63) is 53.6 Å².